The summed E-state index contributed by atoms with van der Waals surface area (Å²) in [5.41, 5.74) is -0.00996. The van der Waals surface area contributed by atoms with E-state index in [1.807, 2.05) is 13.8 Å². The van der Waals surface area contributed by atoms with Gasteiger partial charge in [-0.2, -0.15) is 4.98 Å². The Hall–Kier alpha value is -3.26. The molecule has 5 rings (SSSR count). The second-order valence-electron chi connectivity index (χ2n) is 11.8. The van der Waals surface area contributed by atoms with Gasteiger partial charge in [0, 0.05) is 36.0 Å². The first-order valence-electron chi connectivity index (χ1n) is 14.1. The molecular weight excluding hydrogens is 571 g/mol. The van der Waals surface area contributed by atoms with Crippen molar-refractivity contribution in [2.75, 3.05) is 29.9 Å². The maximum absolute atomic E-state index is 15.0. The number of benzene rings is 1. The van der Waals surface area contributed by atoms with Crippen LogP contribution in [0.25, 0.3) is 22.4 Å². The first-order valence-corrected chi connectivity index (χ1v) is 15.8. The highest BCUT2D eigenvalue weighted by molar-refractivity contribution is 7.92. The molecule has 2 saturated carbocycles. The first-order chi connectivity index (χ1) is 19.7. The molecule has 2 heterocycles. The smallest absolute Gasteiger partial charge is 0.278 e. The van der Waals surface area contributed by atoms with Gasteiger partial charge in [-0.05, 0) is 72.2 Å². The van der Waals surface area contributed by atoms with Gasteiger partial charge in [-0.15, -0.1) is 0 Å². The second-order valence-corrected chi connectivity index (χ2v) is 13.7. The molecule has 3 aromatic rings. The molecule has 1 unspecified atom stereocenters. The average Bonchev–Trinajstić information content (AvgIpc) is 3.54. The van der Waals surface area contributed by atoms with Crippen molar-refractivity contribution in [1.29, 1.82) is 0 Å². The molecule has 2 aliphatic rings. The van der Waals surface area contributed by atoms with Crippen molar-refractivity contribution >= 4 is 32.8 Å². The van der Waals surface area contributed by atoms with E-state index < -0.39 is 39.0 Å². The minimum Gasteiger partial charge on any atom is -0.351 e. The molecule has 2 fully saturated rings. The number of nitrogens with zero attached hydrogens (tertiary/aromatic N) is 5. The third kappa shape index (κ3) is 6.54. The second kappa shape index (κ2) is 11.4. The lowest BCUT2D eigenvalue weighted by atomic mass is 9.91. The van der Waals surface area contributed by atoms with Crippen LogP contribution in [0.5, 0.6) is 0 Å². The minimum absolute atomic E-state index is 0.0354. The highest BCUT2D eigenvalue weighted by Gasteiger charge is 2.56. The molecule has 1 atom stereocenters. The van der Waals surface area contributed by atoms with Gasteiger partial charge in [0.05, 0.1) is 17.6 Å². The number of alkyl halides is 2. The van der Waals surface area contributed by atoms with Gasteiger partial charge in [0.15, 0.2) is 5.65 Å². The van der Waals surface area contributed by atoms with Gasteiger partial charge in [-0.3, -0.25) is 14.1 Å². The fourth-order valence-corrected chi connectivity index (χ4v) is 6.70. The Balaban J connectivity index is 1.37. The largest absolute Gasteiger partial charge is 0.351 e. The zero-order chi connectivity index (χ0) is 30.4. The van der Waals surface area contributed by atoms with Crippen LogP contribution in [0.1, 0.15) is 58.4 Å². The van der Waals surface area contributed by atoms with Crippen molar-refractivity contribution in [2.45, 2.75) is 76.4 Å². The van der Waals surface area contributed by atoms with Crippen LogP contribution in [0.15, 0.2) is 29.2 Å². The van der Waals surface area contributed by atoms with Gasteiger partial charge < -0.3 is 10.2 Å². The Morgan fingerprint density at radius 2 is 1.83 bits per heavy atom. The number of anilines is 2. The summed E-state index contributed by atoms with van der Waals surface area (Å²) in [6.07, 6.45) is 5.07. The fourth-order valence-electron chi connectivity index (χ4n) is 5.50. The van der Waals surface area contributed by atoms with Crippen molar-refractivity contribution in [3.05, 3.63) is 40.6 Å². The van der Waals surface area contributed by atoms with E-state index in [0.29, 0.717) is 23.2 Å². The van der Waals surface area contributed by atoms with E-state index in [1.54, 1.807) is 0 Å². The summed E-state index contributed by atoms with van der Waals surface area (Å²) in [7, 11) is 0.132. The summed E-state index contributed by atoms with van der Waals surface area (Å²) in [4.78, 5) is 29.3. The van der Waals surface area contributed by atoms with Gasteiger partial charge >= 0.3 is 0 Å². The monoisotopic (exact) mass is 607 g/mol. The summed E-state index contributed by atoms with van der Waals surface area (Å²) >= 11 is 0. The lowest BCUT2D eigenvalue weighted by Gasteiger charge is -2.32. The molecule has 10 nitrogen and oxygen atoms in total. The first kappa shape index (κ1) is 30.2. The molecule has 14 heteroatoms. The Morgan fingerprint density at radius 3 is 2.43 bits per heavy atom. The Morgan fingerprint density at radius 1 is 1.14 bits per heavy atom. The summed E-state index contributed by atoms with van der Waals surface area (Å²) < 4.78 is 69.5. The lowest BCUT2D eigenvalue weighted by molar-refractivity contribution is 0.0983. The molecule has 1 aromatic carbocycles. The Bertz CT molecular complexity index is 1640. The predicted octanol–water partition coefficient (Wildman–Crippen LogP) is 4.65. The lowest BCUT2D eigenvalue weighted by Crippen LogP contribution is -2.36. The van der Waals surface area contributed by atoms with Crippen LogP contribution in [0.4, 0.5) is 24.8 Å². The molecular formula is C28H36F3N7O3S. The molecule has 0 radical (unpaired) electrons. The van der Waals surface area contributed by atoms with E-state index in [-0.39, 0.29) is 41.9 Å². The average molecular weight is 608 g/mol. The zero-order valence-electron chi connectivity index (χ0n) is 24.1. The highest BCUT2D eigenvalue weighted by atomic mass is 32.2. The summed E-state index contributed by atoms with van der Waals surface area (Å²) in [6, 6.07) is 4.07. The maximum Gasteiger partial charge on any atom is 0.278 e. The van der Waals surface area contributed by atoms with Crippen molar-refractivity contribution in [2.24, 2.45) is 5.92 Å². The van der Waals surface area contributed by atoms with Crippen molar-refractivity contribution in [1.82, 2.24) is 24.4 Å². The third-order valence-electron chi connectivity index (χ3n) is 8.11. The standard InChI is InChI=1S/C28H36F3N7O3S/c1-16(2)38-25-23(15-32-27(35-25)33-19-6-8-20(9-7-19)37(3)4)34-24(26(38)39)17-5-10-22(21(29)13-17)36-42(40,41)12-11-18-14-28(18,30)31/h5,10,13,15-16,18-20,36H,6-9,11-12,14H2,1-4H3,(H,32,33,35). The fraction of sp³-hybridized carbons (Fsp3) is 0.571. The van der Waals surface area contributed by atoms with Crippen LogP contribution >= 0.6 is 0 Å². The van der Waals surface area contributed by atoms with E-state index in [0.717, 1.165) is 31.7 Å². The van der Waals surface area contributed by atoms with Gasteiger partial charge in [0.25, 0.3) is 11.5 Å². The number of aromatic nitrogens is 4. The quantitative estimate of drug-likeness (QED) is 0.342. The topological polar surface area (TPSA) is 122 Å². The molecule has 42 heavy (non-hydrogen) atoms. The molecule has 0 aliphatic heterocycles. The van der Waals surface area contributed by atoms with Crippen LogP contribution in [-0.2, 0) is 10.0 Å². The molecule has 0 bridgehead atoms. The molecule has 228 valence electrons. The van der Waals surface area contributed by atoms with Crippen LogP contribution in [0.3, 0.4) is 0 Å². The predicted molar refractivity (Wildman–Crippen MR) is 156 cm³/mol. The third-order valence-corrected chi connectivity index (χ3v) is 9.41. The van der Waals surface area contributed by atoms with E-state index in [9.17, 15) is 22.0 Å². The van der Waals surface area contributed by atoms with Gasteiger partial charge in [-0.1, -0.05) is 6.07 Å². The van der Waals surface area contributed by atoms with Gasteiger partial charge in [0.1, 0.15) is 17.0 Å². The SMILES string of the molecule is CC(C)n1c(=O)c(-c2ccc(NS(=O)(=O)CCC3CC3(F)F)c(F)c2)nc2cnc(NC3CCC(N(C)C)CC3)nc21. The molecule has 0 saturated heterocycles. The minimum atomic E-state index is -4.05. The molecule has 2 aromatic heterocycles. The number of fused-ring (bicyclic) bond motifs is 1. The Kier molecular flexibility index (Phi) is 8.23. The van der Waals surface area contributed by atoms with Crippen LogP contribution in [0, 0.1) is 11.7 Å². The van der Waals surface area contributed by atoms with Gasteiger partial charge in [-0.25, -0.2) is 31.6 Å². The normalized spacial score (nSPS) is 22.1. The van der Waals surface area contributed by atoms with Crippen LogP contribution < -0.4 is 15.6 Å². The van der Waals surface area contributed by atoms with E-state index in [1.165, 1.54) is 22.9 Å². The molecule has 0 amide bonds. The number of rotatable bonds is 10. The van der Waals surface area contributed by atoms with Crippen molar-refractivity contribution < 1.29 is 21.6 Å². The highest BCUT2D eigenvalue weighted by Crippen LogP contribution is 2.50. The van der Waals surface area contributed by atoms with Crippen LogP contribution in [0.2, 0.25) is 0 Å². The van der Waals surface area contributed by atoms with E-state index in [4.69, 9.17) is 0 Å². The van der Waals surface area contributed by atoms with E-state index in [2.05, 4.69) is 44.0 Å². The Labute approximate surface area is 242 Å². The van der Waals surface area contributed by atoms with Gasteiger partial charge in [0.2, 0.25) is 16.0 Å². The number of halogens is 3. The molecule has 2 N–H and O–H groups in total. The zero-order valence-corrected chi connectivity index (χ0v) is 24.9. The molecule has 0 spiro atoms. The number of nitrogens with one attached hydrogen (secondary N) is 2. The number of hydrogen-bond acceptors (Lipinski definition) is 8. The van der Waals surface area contributed by atoms with Crippen LogP contribution in [-0.4, -0.2) is 70.7 Å². The number of hydrogen-bond donors (Lipinski definition) is 2. The van der Waals surface area contributed by atoms with Crippen molar-refractivity contribution in [3.63, 3.8) is 0 Å². The summed E-state index contributed by atoms with van der Waals surface area (Å²) in [6.45, 7) is 3.66. The maximum atomic E-state index is 15.0. The number of sulfonamides is 1. The van der Waals surface area contributed by atoms with E-state index >= 15 is 4.39 Å². The molecule has 2 aliphatic carbocycles. The summed E-state index contributed by atoms with van der Waals surface area (Å²) in [5.74, 6) is -4.86. The van der Waals surface area contributed by atoms with Crippen molar-refractivity contribution in [3.8, 4) is 11.3 Å². The summed E-state index contributed by atoms with van der Waals surface area (Å²) in [5, 5.41) is 3.39.